The number of nitrogens with zero attached hydrogens (tertiary/aromatic N) is 4. The molecule has 3 rings (SSSR count). The minimum absolute atomic E-state index is 0.0357. The topological polar surface area (TPSA) is 121 Å². The zero-order valence-corrected chi connectivity index (χ0v) is 17.4. The van der Waals surface area contributed by atoms with E-state index in [4.69, 9.17) is 9.15 Å². The van der Waals surface area contributed by atoms with Crippen LogP contribution in [0.25, 0.3) is 11.6 Å². The van der Waals surface area contributed by atoms with E-state index in [1.54, 1.807) is 19.4 Å². The first-order chi connectivity index (χ1) is 13.8. The number of hydrogen-bond donors (Lipinski definition) is 3. The van der Waals surface area contributed by atoms with Gasteiger partial charge in [0.1, 0.15) is 11.4 Å². The Morgan fingerprint density at radius 2 is 2.31 bits per heavy atom. The van der Waals surface area contributed by atoms with Crippen LogP contribution in [-0.2, 0) is 11.2 Å². The number of carbonyl (C=O) groups excluding carboxylic acids is 1. The molecule has 3 heterocycles. The van der Waals surface area contributed by atoms with Crippen LogP contribution < -0.4 is 10.6 Å². The number of amides is 1. The van der Waals surface area contributed by atoms with Crippen LogP contribution in [0, 0.1) is 0 Å². The maximum Gasteiger partial charge on any atom is 0.407 e. The van der Waals surface area contributed by atoms with Crippen LogP contribution in [0.5, 0.6) is 0 Å². The number of nitrogens with one attached hydrogen (secondary N) is 3. The van der Waals surface area contributed by atoms with Crippen molar-refractivity contribution >= 4 is 12.1 Å². The molecule has 10 nitrogen and oxygen atoms in total. The highest BCUT2D eigenvalue weighted by Crippen LogP contribution is 2.14. The molecule has 0 bridgehead atoms. The van der Waals surface area contributed by atoms with Crippen LogP contribution in [0.1, 0.15) is 33.0 Å². The third-order valence-electron chi connectivity index (χ3n) is 4.34. The maximum atomic E-state index is 12.0. The lowest BCUT2D eigenvalue weighted by atomic mass is 10.2. The Labute approximate surface area is 170 Å². The monoisotopic (exact) mass is 403 g/mol. The van der Waals surface area contributed by atoms with E-state index in [-0.39, 0.29) is 12.1 Å². The van der Waals surface area contributed by atoms with Crippen LogP contribution in [0.15, 0.2) is 27.8 Å². The molecule has 10 heteroatoms. The number of likely N-dealkylation sites (tertiary alicyclic amines) is 1. The second kappa shape index (κ2) is 8.97. The third kappa shape index (κ3) is 5.97. The van der Waals surface area contributed by atoms with Crippen LogP contribution in [0.3, 0.4) is 0 Å². The summed E-state index contributed by atoms with van der Waals surface area (Å²) in [5, 5.41) is 13.4. The van der Waals surface area contributed by atoms with E-state index in [1.807, 2.05) is 26.8 Å². The molecule has 0 saturated carbocycles. The molecule has 1 unspecified atom stereocenters. The normalized spacial score (nSPS) is 17.4. The second-order valence-corrected chi connectivity index (χ2v) is 7.88. The van der Waals surface area contributed by atoms with Gasteiger partial charge < -0.3 is 24.7 Å². The summed E-state index contributed by atoms with van der Waals surface area (Å²) in [6.45, 7) is 7.71. The van der Waals surface area contributed by atoms with Gasteiger partial charge in [0.15, 0.2) is 11.7 Å². The smallest absolute Gasteiger partial charge is 0.407 e. The van der Waals surface area contributed by atoms with Crippen molar-refractivity contribution in [2.24, 2.45) is 4.99 Å². The molecule has 1 fully saturated rings. The first-order valence-electron chi connectivity index (χ1n) is 9.74. The lowest BCUT2D eigenvalue weighted by Crippen LogP contribution is -2.44. The van der Waals surface area contributed by atoms with Crippen molar-refractivity contribution in [1.82, 2.24) is 30.7 Å². The summed E-state index contributed by atoms with van der Waals surface area (Å²) in [4.78, 5) is 22.9. The molecule has 3 N–H and O–H groups in total. The van der Waals surface area contributed by atoms with Crippen molar-refractivity contribution in [3.63, 3.8) is 0 Å². The largest absolute Gasteiger partial charge is 0.461 e. The zero-order chi connectivity index (χ0) is 20.9. The minimum atomic E-state index is -0.503. The molecular formula is C19H29N7O3. The number of guanidine groups is 1. The third-order valence-corrected chi connectivity index (χ3v) is 4.34. The number of alkyl carbamates (subject to hydrolysis) is 1. The molecule has 0 aliphatic carbocycles. The van der Waals surface area contributed by atoms with Gasteiger partial charge in [-0.1, -0.05) is 0 Å². The average molecular weight is 403 g/mol. The average Bonchev–Trinajstić information content (AvgIpc) is 3.38. The summed E-state index contributed by atoms with van der Waals surface area (Å²) in [6.07, 6.45) is 2.72. The molecule has 1 aliphatic rings. The Morgan fingerprint density at radius 3 is 3.00 bits per heavy atom. The number of rotatable bonds is 5. The fraction of sp³-hybridized carbons (Fsp3) is 0.579. The Morgan fingerprint density at radius 1 is 1.48 bits per heavy atom. The van der Waals surface area contributed by atoms with Gasteiger partial charge in [0.25, 0.3) is 0 Å². The highest BCUT2D eigenvalue weighted by Gasteiger charge is 2.27. The Kier molecular flexibility index (Phi) is 6.40. The SMILES string of the molecule is CN=C(NCCc1nc(-c2ccco2)n[nH]1)N1CCC(NC(=O)OC(C)(C)C)C1. The maximum absolute atomic E-state index is 12.0. The number of aromatic nitrogens is 3. The number of aliphatic imine (C=N–C) groups is 1. The number of aromatic amines is 1. The highest BCUT2D eigenvalue weighted by atomic mass is 16.6. The summed E-state index contributed by atoms with van der Waals surface area (Å²) in [5.41, 5.74) is -0.503. The molecule has 1 saturated heterocycles. The molecule has 0 aromatic carbocycles. The Balaban J connectivity index is 1.43. The molecule has 1 atom stereocenters. The lowest BCUT2D eigenvalue weighted by molar-refractivity contribution is 0.0507. The van der Waals surface area contributed by atoms with Crippen LogP contribution in [0.2, 0.25) is 0 Å². The van der Waals surface area contributed by atoms with Crippen molar-refractivity contribution in [3.8, 4) is 11.6 Å². The predicted molar refractivity (Wildman–Crippen MR) is 108 cm³/mol. The van der Waals surface area contributed by atoms with Gasteiger partial charge in [0, 0.05) is 33.1 Å². The first-order valence-corrected chi connectivity index (χ1v) is 9.74. The van der Waals surface area contributed by atoms with E-state index in [9.17, 15) is 4.79 Å². The van der Waals surface area contributed by atoms with E-state index < -0.39 is 5.60 Å². The van der Waals surface area contributed by atoms with Crippen molar-refractivity contribution in [1.29, 1.82) is 0 Å². The zero-order valence-electron chi connectivity index (χ0n) is 17.4. The van der Waals surface area contributed by atoms with Crippen molar-refractivity contribution in [2.45, 2.75) is 45.3 Å². The van der Waals surface area contributed by atoms with Gasteiger partial charge >= 0.3 is 6.09 Å². The molecule has 1 aliphatic heterocycles. The fourth-order valence-corrected chi connectivity index (χ4v) is 3.09. The fourth-order valence-electron chi connectivity index (χ4n) is 3.09. The Bertz CT molecular complexity index is 823. The van der Waals surface area contributed by atoms with Gasteiger partial charge in [0.2, 0.25) is 5.82 Å². The van der Waals surface area contributed by atoms with Gasteiger partial charge in [-0.25, -0.2) is 9.78 Å². The summed E-state index contributed by atoms with van der Waals surface area (Å²) in [7, 11) is 1.75. The summed E-state index contributed by atoms with van der Waals surface area (Å²) < 4.78 is 10.6. The van der Waals surface area contributed by atoms with Crippen molar-refractivity contribution < 1.29 is 13.9 Å². The van der Waals surface area contributed by atoms with Crippen molar-refractivity contribution in [3.05, 3.63) is 24.2 Å². The van der Waals surface area contributed by atoms with E-state index in [1.165, 1.54) is 0 Å². The molecule has 29 heavy (non-hydrogen) atoms. The van der Waals surface area contributed by atoms with Crippen LogP contribution in [0.4, 0.5) is 4.79 Å². The molecular weight excluding hydrogens is 374 g/mol. The first kappa shape index (κ1) is 20.7. The number of ether oxygens (including phenoxy) is 1. The van der Waals surface area contributed by atoms with Gasteiger partial charge in [-0.3, -0.25) is 10.1 Å². The van der Waals surface area contributed by atoms with Crippen LogP contribution >= 0.6 is 0 Å². The molecule has 2 aromatic heterocycles. The summed E-state index contributed by atoms with van der Waals surface area (Å²) in [6, 6.07) is 3.66. The van der Waals surface area contributed by atoms with Gasteiger partial charge in [-0.2, -0.15) is 5.10 Å². The molecule has 0 radical (unpaired) electrons. The molecule has 0 spiro atoms. The predicted octanol–water partition coefficient (Wildman–Crippen LogP) is 1.78. The molecule has 1 amide bonds. The highest BCUT2D eigenvalue weighted by molar-refractivity contribution is 5.80. The number of carbonyl (C=O) groups is 1. The van der Waals surface area contributed by atoms with E-state index >= 15 is 0 Å². The standard InChI is InChI=1S/C19H29N7O3/c1-19(2,3)29-18(27)22-13-8-10-26(12-13)17(20-4)21-9-7-15-23-16(25-24-15)14-6-5-11-28-14/h5-6,11,13H,7-10,12H2,1-4H3,(H,20,21)(H,22,27)(H,23,24,25). The second-order valence-electron chi connectivity index (χ2n) is 7.88. The Hall–Kier alpha value is -3.04. The van der Waals surface area contributed by atoms with Crippen molar-refractivity contribution in [2.75, 3.05) is 26.7 Å². The number of H-pyrrole nitrogens is 1. The molecule has 158 valence electrons. The van der Waals surface area contributed by atoms with Crippen LogP contribution in [-0.4, -0.2) is 70.5 Å². The number of furan rings is 1. The summed E-state index contributed by atoms with van der Waals surface area (Å²) in [5.74, 6) is 2.75. The van der Waals surface area contributed by atoms with Gasteiger partial charge in [-0.15, -0.1) is 0 Å². The molecule has 2 aromatic rings. The van der Waals surface area contributed by atoms with E-state index in [0.717, 1.165) is 24.7 Å². The quantitative estimate of drug-likeness (QED) is 0.514. The van der Waals surface area contributed by atoms with E-state index in [0.29, 0.717) is 31.1 Å². The van der Waals surface area contributed by atoms with E-state index in [2.05, 4.69) is 35.7 Å². The summed E-state index contributed by atoms with van der Waals surface area (Å²) >= 11 is 0. The van der Waals surface area contributed by atoms with Gasteiger partial charge in [-0.05, 0) is 39.3 Å². The van der Waals surface area contributed by atoms with Gasteiger partial charge in [0.05, 0.1) is 12.3 Å². The number of hydrogen-bond acceptors (Lipinski definition) is 6. The minimum Gasteiger partial charge on any atom is -0.461 e. The lowest BCUT2D eigenvalue weighted by Gasteiger charge is -2.23.